The van der Waals surface area contributed by atoms with Crippen LogP contribution in [0.3, 0.4) is 0 Å². The first-order chi connectivity index (χ1) is 7.27. The van der Waals surface area contributed by atoms with Crippen LogP contribution in [-0.4, -0.2) is 14.1 Å². The van der Waals surface area contributed by atoms with Gasteiger partial charge in [0, 0.05) is 25.7 Å². The first kappa shape index (κ1) is 9.84. The van der Waals surface area contributed by atoms with E-state index in [1.165, 1.54) is 11.3 Å². The van der Waals surface area contributed by atoms with Crippen molar-refractivity contribution in [2.24, 2.45) is 0 Å². The fraction of sp³-hybridized carbons (Fsp3) is 0.231. The average molecular weight is 200 g/mol. The second kappa shape index (κ2) is 4.22. The van der Waals surface area contributed by atoms with E-state index in [0.29, 0.717) is 5.92 Å². The number of dihydropyridines is 1. The van der Waals surface area contributed by atoms with Gasteiger partial charge in [0.05, 0.1) is 0 Å². The molecule has 1 N–H and O–H groups in total. The Labute approximate surface area is 90.9 Å². The van der Waals surface area contributed by atoms with Crippen molar-refractivity contribution in [2.45, 2.75) is 5.92 Å². The summed E-state index contributed by atoms with van der Waals surface area (Å²) in [5.41, 5.74) is 2.57. The van der Waals surface area contributed by atoms with E-state index in [0.717, 1.165) is 0 Å². The third-order valence-corrected chi connectivity index (χ3v) is 2.59. The summed E-state index contributed by atoms with van der Waals surface area (Å²) in [6.07, 6.45) is 8.27. The Morgan fingerprint density at radius 1 is 1.00 bits per heavy atom. The van der Waals surface area contributed by atoms with Crippen LogP contribution in [0.4, 0.5) is 5.69 Å². The van der Waals surface area contributed by atoms with Crippen LogP contribution < -0.4 is 10.2 Å². The molecule has 2 heteroatoms. The highest BCUT2D eigenvalue weighted by Gasteiger charge is 2.06. The molecule has 0 aliphatic carbocycles. The Bertz CT molecular complexity index is 362. The Hall–Kier alpha value is -1.70. The lowest BCUT2D eigenvalue weighted by atomic mass is 9.98. The third-order valence-electron chi connectivity index (χ3n) is 2.59. The molecular weight excluding hydrogens is 184 g/mol. The molecule has 0 spiro atoms. The number of allylic oxidation sites excluding steroid dienone is 2. The predicted octanol–water partition coefficient (Wildman–Crippen LogP) is 2.47. The van der Waals surface area contributed by atoms with E-state index in [2.05, 4.69) is 60.7 Å². The number of nitrogens with zero attached hydrogens (tertiary/aromatic N) is 1. The molecule has 78 valence electrons. The summed E-state index contributed by atoms with van der Waals surface area (Å²) < 4.78 is 0. The Morgan fingerprint density at radius 2 is 1.60 bits per heavy atom. The van der Waals surface area contributed by atoms with Gasteiger partial charge in [0.15, 0.2) is 0 Å². The van der Waals surface area contributed by atoms with Crippen LogP contribution in [0, 0.1) is 0 Å². The highest BCUT2D eigenvalue weighted by atomic mass is 15.1. The standard InChI is InChI=1S/C13H16N2/c1-15(2)13-5-3-11(4-6-13)12-7-9-14-10-8-12/h3-10,12,14H,1-2H3. The summed E-state index contributed by atoms with van der Waals surface area (Å²) >= 11 is 0. The summed E-state index contributed by atoms with van der Waals surface area (Å²) in [5, 5.41) is 3.04. The minimum absolute atomic E-state index is 0.405. The SMILES string of the molecule is CN(C)c1ccc(C2C=CNC=C2)cc1. The molecule has 2 rings (SSSR count). The summed E-state index contributed by atoms with van der Waals surface area (Å²) in [6.45, 7) is 0. The van der Waals surface area contributed by atoms with Gasteiger partial charge < -0.3 is 10.2 Å². The molecule has 0 radical (unpaired) electrons. The van der Waals surface area contributed by atoms with Gasteiger partial charge in [-0.25, -0.2) is 0 Å². The van der Waals surface area contributed by atoms with E-state index in [-0.39, 0.29) is 0 Å². The normalized spacial score (nSPS) is 15.1. The van der Waals surface area contributed by atoms with Gasteiger partial charge in [-0.2, -0.15) is 0 Å². The largest absolute Gasteiger partial charge is 0.378 e. The summed E-state index contributed by atoms with van der Waals surface area (Å²) in [7, 11) is 4.11. The van der Waals surface area contributed by atoms with Gasteiger partial charge in [-0.1, -0.05) is 24.3 Å². The van der Waals surface area contributed by atoms with Crippen molar-refractivity contribution in [3.63, 3.8) is 0 Å². The van der Waals surface area contributed by atoms with Gasteiger partial charge in [0.1, 0.15) is 0 Å². The molecule has 0 saturated carbocycles. The van der Waals surface area contributed by atoms with E-state index in [9.17, 15) is 0 Å². The highest BCUT2D eigenvalue weighted by molar-refractivity contribution is 5.47. The molecule has 1 aliphatic heterocycles. The summed E-state index contributed by atoms with van der Waals surface area (Å²) in [5.74, 6) is 0.405. The molecule has 0 saturated heterocycles. The number of nitrogens with one attached hydrogen (secondary N) is 1. The van der Waals surface area contributed by atoms with Crippen LogP contribution in [0.25, 0.3) is 0 Å². The van der Waals surface area contributed by atoms with Crippen molar-refractivity contribution < 1.29 is 0 Å². The van der Waals surface area contributed by atoms with E-state index in [1.54, 1.807) is 0 Å². The first-order valence-electron chi connectivity index (χ1n) is 5.14. The zero-order valence-corrected chi connectivity index (χ0v) is 9.14. The minimum Gasteiger partial charge on any atom is -0.378 e. The molecule has 1 heterocycles. The second-order valence-corrected chi connectivity index (χ2v) is 3.90. The van der Waals surface area contributed by atoms with Crippen molar-refractivity contribution in [3.8, 4) is 0 Å². The van der Waals surface area contributed by atoms with E-state index >= 15 is 0 Å². The van der Waals surface area contributed by atoms with Gasteiger partial charge in [-0.3, -0.25) is 0 Å². The number of hydrogen-bond donors (Lipinski definition) is 1. The minimum atomic E-state index is 0.405. The van der Waals surface area contributed by atoms with Crippen LogP contribution in [0.2, 0.25) is 0 Å². The Kier molecular flexibility index (Phi) is 2.77. The average Bonchev–Trinajstić information content (AvgIpc) is 2.30. The van der Waals surface area contributed by atoms with E-state index < -0.39 is 0 Å². The Morgan fingerprint density at radius 3 is 2.13 bits per heavy atom. The van der Waals surface area contributed by atoms with E-state index in [4.69, 9.17) is 0 Å². The predicted molar refractivity (Wildman–Crippen MR) is 64.9 cm³/mol. The number of benzene rings is 1. The van der Waals surface area contributed by atoms with Gasteiger partial charge in [0.25, 0.3) is 0 Å². The molecule has 1 aromatic carbocycles. The fourth-order valence-electron chi connectivity index (χ4n) is 1.66. The molecule has 1 aliphatic rings. The molecule has 0 amide bonds. The maximum Gasteiger partial charge on any atom is 0.0361 e. The molecule has 0 fully saturated rings. The monoisotopic (exact) mass is 200 g/mol. The summed E-state index contributed by atoms with van der Waals surface area (Å²) in [6, 6.07) is 8.66. The third kappa shape index (κ3) is 2.21. The lowest BCUT2D eigenvalue weighted by Gasteiger charge is -2.15. The van der Waals surface area contributed by atoms with E-state index in [1.807, 2.05) is 12.4 Å². The topological polar surface area (TPSA) is 15.3 Å². The van der Waals surface area contributed by atoms with Crippen LogP contribution in [0.1, 0.15) is 11.5 Å². The van der Waals surface area contributed by atoms with Crippen molar-refractivity contribution in [3.05, 3.63) is 54.4 Å². The summed E-state index contributed by atoms with van der Waals surface area (Å²) in [4.78, 5) is 2.11. The van der Waals surface area contributed by atoms with Gasteiger partial charge in [0.2, 0.25) is 0 Å². The molecule has 0 aromatic heterocycles. The molecule has 0 unspecified atom stereocenters. The Balaban J connectivity index is 2.19. The van der Waals surface area contributed by atoms with Gasteiger partial charge in [-0.05, 0) is 30.1 Å². The number of anilines is 1. The molecule has 0 atom stereocenters. The van der Waals surface area contributed by atoms with Crippen molar-refractivity contribution in [2.75, 3.05) is 19.0 Å². The van der Waals surface area contributed by atoms with Gasteiger partial charge in [-0.15, -0.1) is 0 Å². The molecule has 1 aromatic rings. The first-order valence-corrected chi connectivity index (χ1v) is 5.14. The van der Waals surface area contributed by atoms with Crippen LogP contribution in [0.5, 0.6) is 0 Å². The quantitative estimate of drug-likeness (QED) is 0.789. The maximum atomic E-state index is 3.04. The fourth-order valence-corrected chi connectivity index (χ4v) is 1.66. The van der Waals surface area contributed by atoms with Gasteiger partial charge >= 0.3 is 0 Å². The highest BCUT2D eigenvalue weighted by Crippen LogP contribution is 2.22. The smallest absolute Gasteiger partial charge is 0.0361 e. The van der Waals surface area contributed by atoms with Crippen LogP contribution in [-0.2, 0) is 0 Å². The molecule has 2 nitrogen and oxygen atoms in total. The van der Waals surface area contributed by atoms with Crippen LogP contribution in [0.15, 0.2) is 48.8 Å². The zero-order valence-electron chi connectivity index (χ0n) is 9.14. The molecule has 0 bridgehead atoms. The van der Waals surface area contributed by atoms with Crippen molar-refractivity contribution in [1.29, 1.82) is 0 Å². The number of rotatable bonds is 2. The lowest BCUT2D eigenvalue weighted by molar-refractivity contribution is 0.993. The number of hydrogen-bond acceptors (Lipinski definition) is 2. The second-order valence-electron chi connectivity index (χ2n) is 3.90. The lowest BCUT2D eigenvalue weighted by Crippen LogP contribution is -2.08. The molecular formula is C13H16N2. The maximum absolute atomic E-state index is 3.04. The van der Waals surface area contributed by atoms with Crippen LogP contribution >= 0.6 is 0 Å². The molecule has 15 heavy (non-hydrogen) atoms. The zero-order chi connectivity index (χ0) is 10.7. The van der Waals surface area contributed by atoms with Crippen molar-refractivity contribution >= 4 is 5.69 Å². The van der Waals surface area contributed by atoms with Crippen molar-refractivity contribution in [1.82, 2.24) is 5.32 Å².